The third kappa shape index (κ3) is 4.11. The first-order valence-corrected chi connectivity index (χ1v) is 12.7. The van der Waals surface area contributed by atoms with E-state index in [0.29, 0.717) is 6.42 Å². The average Bonchev–Trinajstić information content (AvgIpc) is 3.27. The lowest BCUT2D eigenvalue weighted by Crippen LogP contribution is -2.46. The topological polar surface area (TPSA) is 58.4 Å². The van der Waals surface area contributed by atoms with E-state index in [2.05, 4.69) is 44.8 Å². The van der Waals surface area contributed by atoms with Crippen molar-refractivity contribution in [2.45, 2.75) is 32.9 Å². The van der Waals surface area contributed by atoms with E-state index in [4.69, 9.17) is 5.10 Å². The van der Waals surface area contributed by atoms with Crippen molar-refractivity contribution in [2.24, 2.45) is 0 Å². The van der Waals surface area contributed by atoms with Gasteiger partial charge in [0, 0.05) is 37.6 Å². The van der Waals surface area contributed by atoms with Gasteiger partial charge in [-0.25, -0.2) is 8.42 Å². The second-order valence-electron chi connectivity index (χ2n) is 7.49. The highest BCUT2D eigenvalue weighted by molar-refractivity contribution is 9.11. The number of sulfone groups is 1. The predicted octanol–water partition coefficient (Wildman–Crippen LogP) is 3.01. The molecular formula is C18H25BrN4O2S2. The van der Waals surface area contributed by atoms with Gasteiger partial charge in [-0.15, -0.1) is 11.3 Å². The number of aryl methyl sites for hydroxylation is 1. The molecule has 2 aliphatic heterocycles. The summed E-state index contributed by atoms with van der Waals surface area (Å²) in [5.74, 6) is 0.501. The van der Waals surface area contributed by atoms with Crippen molar-refractivity contribution in [1.29, 1.82) is 0 Å². The summed E-state index contributed by atoms with van der Waals surface area (Å²) >= 11 is 5.33. The van der Waals surface area contributed by atoms with Gasteiger partial charge in [0.2, 0.25) is 0 Å². The number of aromatic nitrogens is 2. The van der Waals surface area contributed by atoms with Gasteiger partial charge < -0.3 is 4.90 Å². The Labute approximate surface area is 173 Å². The minimum Gasteiger partial charge on any atom is -0.366 e. The summed E-state index contributed by atoms with van der Waals surface area (Å²) < 4.78 is 26.8. The number of rotatable bonds is 4. The van der Waals surface area contributed by atoms with Crippen LogP contribution in [0.15, 0.2) is 15.9 Å². The van der Waals surface area contributed by atoms with Crippen LogP contribution in [-0.2, 0) is 16.4 Å². The van der Waals surface area contributed by atoms with Gasteiger partial charge in [-0.1, -0.05) is 0 Å². The van der Waals surface area contributed by atoms with Crippen molar-refractivity contribution in [3.63, 3.8) is 0 Å². The second kappa shape index (κ2) is 7.50. The number of anilines is 1. The lowest BCUT2D eigenvalue weighted by Gasteiger charge is -2.36. The molecule has 2 fully saturated rings. The van der Waals surface area contributed by atoms with Crippen molar-refractivity contribution < 1.29 is 8.42 Å². The Morgan fingerprint density at radius 2 is 1.96 bits per heavy atom. The first kappa shape index (κ1) is 19.4. The summed E-state index contributed by atoms with van der Waals surface area (Å²) in [6.45, 7) is 9.12. The quantitative estimate of drug-likeness (QED) is 0.684. The minimum absolute atomic E-state index is 0.0129. The van der Waals surface area contributed by atoms with Gasteiger partial charge in [0.25, 0.3) is 0 Å². The predicted molar refractivity (Wildman–Crippen MR) is 114 cm³/mol. The first-order valence-electron chi connectivity index (χ1n) is 9.30. The van der Waals surface area contributed by atoms with Gasteiger partial charge in [0.05, 0.1) is 38.4 Å². The maximum absolute atomic E-state index is 11.8. The molecule has 148 valence electrons. The third-order valence-corrected chi connectivity index (χ3v) is 8.90. The summed E-state index contributed by atoms with van der Waals surface area (Å²) in [7, 11) is -2.91. The largest absolute Gasteiger partial charge is 0.366 e. The molecule has 2 saturated heterocycles. The number of nitrogens with zero attached hydrogens (tertiary/aromatic N) is 4. The fraction of sp³-hybridized carbons (Fsp3) is 0.611. The molecular weight excluding hydrogens is 448 g/mol. The standard InChI is InChI=1S/C18H25BrN4O2S2/c1-13-18(14(2)23(20-13)15-5-10-27(24,25)12-15)22-8-6-21(7-9-22)11-16-3-4-17(19)26-16/h3-4,15H,5-12H2,1-2H3. The Hall–Kier alpha value is -0.900. The van der Waals surface area contributed by atoms with Crippen LogP contribution in [0.25, 0.3) is 0 Å². The van der Waals surface area contributed by atoms with Crippen LogP contribution in [0, 0.1) is 13.8 Å². The van der Waals surface area contributed by atoms with Gasteiger partial charge in [0.15, 0.2) is 9.84 Å². The van der Waals surface area contributed by atoms with Gasteiger partial charge in [-0.3, -0.25) is 9.58 Å². The van der Waals surface area contributed by atoms with Crippen LogP contribution in [0.1, 0.15) is 28.7 Å². The van der Waals surface area contributed by atoms with E-state index in [1.807, 2.05) is 11.6 Å². The summed E-state index contributed by atoms with van der Waals surface area (Å²) in [5.41, 5.74) is 3.30. The zero-order chi connectivity index (χ0) is 19.2. The summed E-state index contributed by atoms with van der Waals surface area (Å²) in [6, 6.07) is 4.29. The fourth-order valence-corrected chi connectivity index (χ4v) is 7.44. The van der Waals surface area contributed by atoms with Crippen LogP contribution < -0.4 is 4.90 Å². The minimum atomic E-state index is -2.91. The van der Waals surface area contributed by atoms with E-state index in [-0.39, 0.29) is 17.5 Å². The Balaban J connectivity index is 1.44. The van der Waals surface area contributed by atoms with E-state index in [1.54, 1.807) is 11.3 Å². The summed E-state index contributed by atoms with van der Waals surface area (Å²) in [4.78, 5) is 6.30. The Morgan fingerprint density at radius 3 is 2.56 bits per heavy atom. The molecule has 1 unspecified atom stereocenters. The highest BCUT2D eigenvalue weighted by Gasteiger charge is 2.32. The van der Waals surface area contributed by atoms with Crippen molar-refractivity contribution in [1.82, 2.24) is 14.7 Å². The number of halogens is 1. The normalized spacial score (nSPS) is 23.2. The fourth-order valence-electron chi connectivity index (χ4n) is 4.22. The Kier molecular flexibility index (Phi) is 5.39. The van der Waals surface area contributed by atoms with E-state index >= 15 is 0 Å². The molecule has 0 N–H and O–H groups in total. The van der Waals surface area contributed by atoms with Gasteiger partial charge in [0.1, 0.15) is 0 Å². The molecule has 0 bridgehead atoms. The number of thiophene rings is 1. The van der Waals surface area contributed by atoms with Gasteiger partial charge in [-0.05, 0) is 48.3 Å². The molecule has 2 aromatic rings. The zero-order valence-electron chi connectivity index (χ0n) is 15.7. The smallest absolute Gasteiger partial charge is 0.152 e. The van der Waals surface area contributed by atoms with E-state index in [9.17, 15) is 8.42 Å². The molecule has 0 aromatic carbocycles. The molecule has 0 spiro atoms. The number of hydrogen-bond donors (Lipinski definition) is 0. The molecule has 4 rings (SSSR count). The molecule has 4 heterocycles. The summed E-state index contributed by atoms with van der Waals surface area (Å²) in [6.07, 6.45) is 0.674. The molecule has 0 radical (unpaired) electrons. The average molecular weight is 473 g/mol. The SMILES string of the molecule is Cc1nn(C2CCS(=O)(=O)C2)c(C)c1N1CCN(Cc2ccc(Br)s2)CC1. The third-order valence-electron chi connectivity index (χ3n) is 5.54. The van der Waals surface area contributed by atoms with Crippen LogP contribution in [0.2, 0.25) is 0 Å². The molecule has 0 saturated carbocycles. The molecule has 0 aliphatic carbocycles. The second-order valence-corrected chi connectivity index (χ2v) is 12.3. The van der Waals surface area contributed by atoms with Crippen molar-refractivity contribution in [2.75, 3.05) is 42.6 Å². The van der Waals surface area contributed by atoms with E-state index in [0.717, 1.165) is 44.1 Å². The molecule has 1 atom stereocenters. The Morgan fingerprint density at radius 1 is 1.22 bits per heavy atom. The molecule has 0 amide bonds. The molecule has 9 heteroatoms. The maximum Gasteiger partial charge on any atom is 0.152 e. The molecule has 2 aliphatic rings. The van der Waals surface area contributed by atoms with E-state index < -0.39 is 9.84 Å². The van der Waals surface area contributed by atoms with Crippen LogP contribution in [-0.4, -0.2) is 60.8 Å². The van der Waals surface area contributed by atoms with Crippen LogP contribution in [0.5, 0.6) is 0 Å². The lowest BCUT2D eigenvalue weighted by molar-refractivity contribution is 0.251. The molecule has 27 heavy (non-hydrogen) atoms. The lowest BCUT2D eigenvalue weighted by atomic mass is 10.2. The maximum atomic E-state index is 11.8. The molecule has 2 aromatic heterocycles. The van der Waals surface area contributed by atoms with Gasteiger partial charge in [-0.2, -0.15) is 5.10 Å². The molecule has 6 nitrogen and oxygen atoms in total. The monoisotopic (exact) mass is 472 g/mol. The van der Waals surface area contributed by atoms with Crippen LogP contribution in [0.3, 0.4) is 0 Å². The highest BCUT2D eigenvalue weighted by atomic mass is 79.9. The summed E-state index contributed by atoms with van der Waals surface area (Å²) in [5, 5.41) is 4.72. The van der Waals surface area contributed by atoms with Crippen molar-refractivity contribution in [3.8, 4) is 0 Å². The zero-order valence-corrected chi connectivity index (χ0v) is 18.9. The highest BCUT2D eigenvalue weighted by Crippen LogP contribution is 2.32. The van der Waals surface area contributed by atoms with Gasteiger partial charge >= 0.3 is 0 Å². The van der Waals surface area contributed by atoms with Crippen LogP contribution >= 0.6 is 27.3 Å². The van der Waals surface area contributed by atoms with Crippen molar-refractivity contribution >= 4 is 42.8 Å². The van der Waals surface area contributed by atoms with Crippen LogP contribution in [0.4, 0.5) is 5.69 Å². The number of piperazine rings is 1. The first-order chi connectivity index (χ1) is 12.8. The number of hydrogen-bond acceptors (Lipinski definition) is 6. The Bertz CT molecular complexity index is 929. The van der Waals surface area contributed by atoms with E-state index in [1.165, 1.54) is 14.4 Å². The van der Waals surface area contributed by atoms with Crippen molar-refractivity contribution in [3.05, 3.63) is 32.2 Å².